The standard InChI is InChI=1S/C22H25FN2O6S/c1-14(16-4-6-18(23)19(10-16)30-12-15-2-3-15)13-32(28,29)9-8-17-5-7-21(31-17)25-11-20(26)24-22(25)27/h4-7,10,14-15H,2-3,8-9,11-13H2,1H3,(H,24,26,27)/t14-/m0/s1. The Bertz CT molecular complexity index is 1130. The first kappa shape index (κ1) is 22.3. The molecule has 2 fully saturated rings. The number of imide groups is 1. The summed E-state index contributed by atoms with van der Waals surface area (Å²) in [6.07, 6.45) is 2.32. The molecule has 1 atom stereocenters. The number of rotatable bonds is 10. The van der Waals surface area contributed by atoms with E-state index in [0.717, 1.165) is 17.7 Å². The van der Waals surface area contributed by atoms with E-state index in [1.54, 1.807) is 25.1 Å². The van der Waals surface area contributed by atoms with Crippen LogP contribution in [0.15, 0.2) is 34.7 Å². The maximum Gasteiger partial charge on any atom is 0.331 e. The molecule has 1 aromatic heterocycles. The summed E-state index contributed by atoms with van der Waals surface area (Å²) in [4.78, 5) is 24.2. The largest absolute Gasteiger partial charge is 0.490 e. The van der Waals surface area contributed by atoms with Crippen molar-refractivity contribution in [2.45, 2.75) is 32.1 Å². The molecule has 0 spiro atoms. The molecule has 4 rings (SSSR count). The minimum Gasteiger partial charge on any atom is -0.490 e. The fourth-order valence-corrected chi connectivity index (χ4v) is 5.14. The summed E-state index contributed by atoms with van der Waals surface area (Å²) in [6.45, 7) is 2.13. The Hall–Kier alpha value is -2.88. The zero-order valence-corrected chi connectivity index (χ0v) is 18.5. The Labute approximate surface area is 185 Å². The number of carbonyl (C=O) groups is 2. The highest BCUT2D eigenvalue weighted by molar-refractivity contribution is 7.91. The predicted octanol–water partition coefficient (Wildman–Crippen LogP) is 3.02. The second-order valence-corrected chi connectivity index (χ2v) is 10.6. The van der Waals surface area contributed by atoms with Crippen LogP contribution in [0, 0.1) is 11.7 Å². The number of nitrogens with one attached hydrogen (secondary N) is 1. The number of amides is 3. The lowest BCUT2D eigenvalue weighted by atomic mass is 10.0. The van der Waals surface area contributed by atoms with Crippen molar-refractivity contribution in [3.63, 3.8) is 0 Å². The number of sulfone groups is 1. The van der Waals surface area contributed by atoms with E-state index < -0.39 is 27.6 Å². The molecular weight excluding hydrogens is 439 g/mol. The monoisotopic (exact) mass is 464 g/mol. The molecule has 172 valence electrons. The van der Waals surface area contributed by atoms with Crippen LogP contribution in [0.25, 0.3) is 0 Å². The van der Waals surface area contributed by atoms with Gasteiger partial charge in [0.25, 0.3) is 0 Å². The van der Waals surface area contributed by atoms with Crippen molar-refractivity contribution in [2.24, 2.45) is 5.92 Å². The van der Waals surface area contributed by atoms with E-state index in [9.17, 15) is 22.4 Å². The van der Waals surface area contributed by atoms with Gasteiger partial charge in [-0.1, -0.05) is 13.0 Å². The molecule has 2 aromatic rings. The van der Waals surface area contributed by atoms with Crippen LogP contribution >= 0.6 is 0 Å². The van der Waals surface area contributed by atoms with Crippen LogP contribution in [0.5, 0.6) is 5.75 Å². The quantitative estimate of drug-likeness (QED) is 0.542. The first-order chi connectivity index (χ1) is 15.2. The molecule has 3 amide bonds. The van der Waals surface area contributed by atoms with Gasteiger partial charge in [0.05, 0.1) is 18.1 Å². The number of halogens is 1. The summed E-state index contributed by atoms with van der Waals surface area (Å²) < 4.78 is 50.4. The molecule has 1 aromatic carbocycles. The van der Waals surface area contributed by atoms with Crippen LogP contribution < -0.4 is 15.0 Å². The van der Waals surface area contributed by atoms with Gasteiger partial charge in [-0.05, 0) is 48.4 Å². The minimum atomic E-state index is -3.44. The second kappa shape index (κ2) is 8.93. The highest BCUT2D eigenvalue weighted by Gasteiger charge is 2.30. The van der Waals surface area contributed by atoms with Crippen molar-refractivity contribution < 1.29 is 31.6 Å². The molecule has 1 saturated heterocycles. The van der Waals surface area contributed by atoms with Gasteiger partial charge in [-0.25, -0.2) is 17.6 Å². The van der Waals surface area contributed by atoms with E-state index in [1.807, 2.05) is 0 Å². The Balaban J connectivity index is 1.33. The number of carbonyl (C=O) groups excluding carboxylic acids is 2. The van der Waals surface area contributed by atoms with Gasteiger partial charge in [0.2, 0.25) is 11.8 Å². The van der Waals surface area contributed by atoms with E-state index in [4.69, 9.17) is 9.15 Å². The third kappa shape index (κ3) is 5.48. The van der Waals surface area contributed by atoms with Crippen LogP contribution in [0.2, 0.25) is 0 Å². The molecule has 10 heteroatoms. The highest BCUT2D eigenvalue weighted by Crippen LogP contribution is 2.31. The number of nitrogens with zero attached hydrogens (tertiary/aromatic N) is 1. The molecule has 1 saturated carbocycles. The SMILES string of the molecule is C[C@@H](CS(=O)(=O)CCc1ccc(N2CC(=O)NC2=O)o1)c1ccc(F)c(OCC2CC2)c1. The Morgan fingerprint density at radius 1 is 1.25 bits per heavy atom. The zero-order chi connectivity index (χ0) is 22.9. The van der Waals surface area contributed by atoms with Crippen molar-refractivity contribution in [3.05, 3.63) is 47.5 Å². The van der Waals surface area contributed by atoms with Gasteiger partial charge >= 0.3 is 6.03 Å². The molecular formula is C22H25FN2O6S. The summed E-state index contributed by atoms with van der Waals surface area (Å²) >= 11 is 0. The van der Waals surface area contributed by atoms with Crippen LogP contribution in [0.4, 0.5) is 15.1 Å². The number of hydrogen-bond donors (Lipinski definition) is 1. The molecule has 1 aliphatic carbocycles. The van der Waals surface area contributed by atoms with Gasteiger partial charge in [0.1, 0.15) is 12.3 Å². The molecule has 0 bridgehead atoms. The zero-order valence-electron chi connectivity index (χ0n) is 17.7. The van der Waals surface area contributed by atoms with E-state index in [2.05, 4.69) is 5.32 Å². The number of hydrogen-bond acceptors (Lipinski definition) is 6. The molecule has 1 N–H and O–H groups in total. The van der Waals surface area contributed by atoms with Crippen molar-refractivity contribution in [1.29, 1.82) is 0 Å². The van der Waals surface area contributed by atoms with Crippen LogP contribution in [0.1, 0.15) is 37.0 Å². The number of ether oxygens (including phenoxy) is 1. The normalized spacial score (nSPS) is 17.5. The lowest BCUT2D eigenvalue weighted by Crippen LogP contribution is -2.27. The van der Waals surface area contributed by atoms with Crippen molar-refractivity contribution >= 4 is 27.7 Å². The number of aryl methyl sites for hydroxylation is 1. The molecule has 8 nitrogen and oxygen atoms in total. The smallest absolute Gasteiger partial charge is 0.331 e. The Kier molecular flexibility index (Phi) is 6.23. The third-order valence-corrected chi connectivity index (χ3v) is 7.40. The number of benzene rings is 1. The predicted molar refractivity (Wildman–Crippen MR) is 115 cm³/mol. The van der Waals surface area contributed by atoms with Crippen molar-refractivity contribution in [3.8, 4) is 5.75 Å². The highest BCUT2D eigenvalue weighted by atomic mass is 32.2. The second-order valence-electron chi connectivity index (χ2n) is 8.39. The van der Waals surface area contributed by atoms with Gasteiger partial charge in [-0.15, -0.1) is 0 Å². The number of urea groups is 1. The lowest BCUT2D eigenvalue weighted by molar-refractivity contribution is -0.117. The Morgan fingerprint density at radius 2 is 2.03 bits per heavy atom. The van der Waals surface area contributed by atoms with Gasteiger partial charge in [-0.3, -0.25) is 15.0 Å². The van der Waals surface area contributed by atoms with E-state index in [-0.39, 0.29) is 42.0 Å². The summed E-state index contributed by atoms with van der Waals surface area (Å²) in [5.41, 5.74) is 0.700. The van der Waals surface area contributed by atoms with E-state index in [0.29, 0.717) is 23.8 Å². The van der Waals surface area contributed by atoms with Gasteiger partial charge in [0, 0.05) is 12.5 Å². The lowest BCUT2D eigenvalue weighted by Gasteiger charge is -2.15. The third-order valence-electron chi connectivity index (χ3n) is 5.57. The molecule has 32 heavy (non-hydrogen) atoms. The summed E-state index contributed by atoms with van der Waals surface area (Å²) in [5.74, 6) is -0.211. The van der Waals surface area contributed by atoms with Gasteiger partial charge in [-0.2, -0.15) is 0 Å². The first-order valence-electron chi connectivity index (χ1n) is 10.5. The Morgan fingerprint density at radius 3 is 2.72 bits per heavy atom. The molecule has 2 aliphatic rings. The number of anilines is 1. The molecule has 1 aliphatic heterocycles. The van der Waals surface area contributed by atoms with Crippen molar-refractivity contribution in [1.82, 2.24) is 5.32 Å². The van der Waals surface area contributed by atoms with E-state index >= 15 is 0 Å². The van der Waals surface area contributed by atoms with E-state index in [1.165, 1.54) is 12.1 Å². The van der Waals surface area contributed by atoms with Crippen molar-refractivity contribution in [2.75, 3.05) is 29.6 Å². The molecule has 0 unspecified atom stereocenters. The van der Waals surface area contributed by atoms with Crippen LogP contribution in [0.3, 0.4) is 0 Å². The fourth-order valence-electron chi connectivity index (χ4n) is 3.51. The van der Waals surface area contributed by atoms with Crippen LogP contribution in [-0.4, -0.2) is 45.0 Å². The van der Waals surface area contributed by atoms with Gasteiger partial charge < -0.3 is 9.15 Å². The average Bonchev–Trinajstić information content (AvgIpc) is 3.33. The summed E-state index contributed by atoms with van der Waals surface area (Å²) in [6, 6.07) is 7.03. The average molecular weight is 465 g/mol. The molecule has 2 heterocycles. The topological polar surface area (TPSA) is 106 Å². The van der Waals surface area contributed by atoms with Gasteiger partial charge in [0.15, 0.2) is 21.4 Å². The summed E-state index contributed by atoms with van der Waals surface area (Å²) in [5, 5.41) is 2.15. The maximum absolute atomic E-state index is 14.0. The number of furan rings is 1. The summed E-state index contributed by atoms with van der Waals surface area (Å²) in [7, 11) is -3.44. The first-order valence-corrected chi connectivity index (χ1v) is 12.3. The van der Waals surface area contributed by atoms with Crippen LogP contribution in [-0.2, 0) is 21.1 Å². The minimum absolute atomic E-state index is 0.0999. The molecule has 0 radical (unpaired) electrons. The fraction of sp³-hybridized carbons (Fsp3) is 0.455. The maximum atomic E-state index is 14.0.